The van der Waals surface area contributed by atoms with Crippen LogP contribution in [-0.4, -0.2) is 43.0 Å². The molecular formula is C18H20BrN3O4. The Morgan fingerprint density at radius 1 is 1.46 bits per heavy atom. The van der Waals surface area contributed by atoms with Crippen LogP contribution in [0.3, 0.4) is 0 Å². The molecule has 26 heavy (non-hydrogen) atoms. The lowest BCUT2D eigenvalue weighted by Gasteiger charge is -2.25. The summed E-state index contributed by atoms with van der Waals surface area (Å²) in [6.07, 6.45) is 0.514. The monoisotopic (exact) mass is 421 g/mol. The van der Waals surface area contributed by atoms with Crippen molar-refractivity contribution in [3.8, 4) is 11.8 Å². The molecule has 1 N–H and O–H groups in total. The van der Waals surface area contributed by atoms with Crippen LogP contribution in [0.25, 0.3) is 10.9 Å². The van der Waals surface area contributed by atoms with E-state index in [1.54, 1.807) is 38.2 Å². The van der Waals surface area contributed by atoms with Gasteiger partial charge in [0.25, 0.3) is 12.2 Å². The van der Waals surface area contributed by atoms with Gasteiger partial charge in [-0.15, -0.1) is 0 Å². The fourth-order valence-corrected chi connectivity index (χ4v) is 2.66. The molecule has 0 radical (unpaired) electrons. The molecule has 0 fully saturated rings. The van der Waals surface area contributed by atoms with Gasteiger partial charge in [0, 0.05) is 29.8 Å². The van der Waals surface area contributed by atoms with E-state index in [9.17, 15) is 10.1 Å². The van der Waals surface area contributed by atoms with Gasteiger partial charge in [0.15, 0.2) is 0 Å². The number of carbonyl (C=O) groups excluding carboxylic acids is 1. The number of nitriles is 1. The summed E-state index contributed by atoms with van der Waals surface area (Å²) in [5, 5.41) is 12.7. The molecule has 0 saturated carbocycles. The predicted octanol–water partition coefficient (Wildman–Crippen LogP) is 2.78. The molecule has 2 unspecified atom stereocenters. The highest BCUT2D eigenvalue weighted by molar-refractivity contribution is 9.10. The number of hydrogen-bond donors (Lipinski definition) is 1. The quantitative estimate of drug-likeness (QED) is 0.658. The van der Waals surface area contributed by atoms with Crippen molar-refractivity contribution in [3.63, 3.8) is 0 Å². The van der Waals surface area contributed by atoms with Gasteiger partial charge in [0.1, 0.15) is 11.3 Å². The van der Waals surface area contributed by atoms with Crippen LogP contribution in [-0.2, 0) is 14.3 Å². The maximum absolute atomic E-state index is 12.5. The minimum atomic E-state index is -1.19. The summed E-state index contributed by atoms with van der Waals surface area (Å²) < 4.78 is 16.9. The summed E-state index contributed by atoms with van der Waals surface area (Å²) in [5.41, 5.74) is -0.377. The zero-order chi connectivity index (χ0) is 19.2. The van der Waals surface area contributed by atoms with E-state index in [1.165, 1.54) is 7.11 Å². The Balaban J connectivity index is 2.19. The zero-order valence-electron chi connectivity index (χ0n) is 14.8. The first-order valence-electron chi connectivity index (χ1n) is 7.96. The summed E-state index contributed by atoms with van der Waals surface area (Å²) in [5.74, 6) is -0.100. The molecular weight excluding hydrogens is 402 g/mol. The molecule has 2 rings (SSSR count). The Labute approximate surface area is 160 Å². The first kappa shape index (κ1) is 20.1. The molecule has 0 aliphatic rings. The smallest absolute Gasteiger partial charge is 0.290 e. The van der Waals surface area contributed by atoms with Gasteiger partial charge in [0.2, 0.25) is 0 Å². The highest BCUT2D eigenvalue weighted by Crippen LogP contribution is 2.23. The topological polar surface area (TPSA) is 93.5 Å². The van der Waals surface area contributed by atoms with Gasteiger partial charge >= 0.3 is 0 Å². The Kier molecular flexibility index (Phi) is 6.91. The van der Waals surface area contributed by atoms with Crippen LogP contribution in [0.4, 0.5) is 0 Å². The number of fused-ring (bicyclic) bond motifs is 1. The van der Waals surface area contributed by atoms with E-state index < -0.39 is 17.7 Å². The van der Waals surface area contributed by atoms with Crippen molar-refractivity contribution < 1.29 is 19.0 Å². The van der Waals surface area contributed by atoms with Gasteiger partial charge in [-0.3, -0.25) is 9.78 Å². The van der Waals surface area contributed by atoms with Crippen molar-refractivity contribution in [1.82, 2.24) is 10.3 Å². The molecule has 0 aliphatic carbocycles. The van der Waals surface area contributed by atoms with Crippen molar-refractivity contribution in [2.24, 2.45) is 0 Å². The van der Waals surface area contributed by atoms with E-state index in [4.69, 9.17) is 14.2 Å². The van der Waals surface area contributed by atoms with Crippen molar-refractivity contribution in [2.45, 2.75) is 25.7 Å². The second-order valence-electron chi connectivity index (χ2n) is 5.78. The Morgan fingerprint density at radius 3 is 2.88 bits per heavy atom. The fraction of sp³-hybridized carbons (Fsp3) is 0.389. The van der Waals surface area contributed by atoms with Gasteiger partial charge in [-0.2, -0.15) is 5.26 Å². The molecule has 2 aromatic rings. The van der Waals surface area contributed by atoms with E-state index in [0.717, 1.165) is 15.4 Å². The zero-order valence-corrected chi connectivity index (χ0v) is 16.4. The average molecular weight is 422 g/mol. The van der Waals surface area contributed by atoms with Gasteiger partial charge in [-0.05, 0) is 54.0 Å². The molecule has 1 aromatic carbocycles. The number of carbonyl (C=O) groups is 1. The number of aromatic nitrogens is 1. The third-order valence-electron chi connectivity index (χ3n) is 3.47. The largest absolute Gasteiger partial charge is 0.455 e. The van der Waals surface area contributed by atoms with E-state index in [-0.39, 0.29) is 13.2 Å². The number of nitrogens with zero attached hydrogens (tertiary/aromatic N) is 2. The number of halogens is 1. The lowest BCUT2D eigenvalue weighted by molar-refractivity contribution is -0.153. The normalized spacial score (nSPS) is 14.3. The summed E-state index contributed by atoms with van der Waals surface area (Å²) in [6, 6.07) is 9.19. The minimum Gasteiger partial charge on any atom is -0.455 e. The number of methoxy groups -OCH3 is 1. The maximum Gasteiger partial charge on any atom is 0.290 e. The van der Waals surface area contributed by atoms with E-state index in [2.05, 4.69) is 26.2 Å². The second kappa shape index (κ2) is 8.94. The molecule has 0 bridgehead atoms. The van der Waals surface area contributed by atoms with E-state index in [0.29, 0.717) is 5.75 Å². The number of ether oxygens (including phenoxy) is 3. The number of hydrogen-bond acceptors (Lipinski definition) is 6. The van der Waals surface area contributed by atoms with Crippen molar-refractivity contribution in [2.75, 3.05) is 20.3 Å². The lowest BCUT2D eigenvalue weighted by Crippen LogP contribution is -2.53. The first-order chi connectivity index (χ1) is 12.4. The summed E-state index contributed by atoms with van der Waals surface area (Å²) in [7, 11) is 1.46. The SMILES string of the molecule is CCOC(Oc1ccc2ncc(Br)cc2c1)C(=O)NC(C)(C#N)COC. The highest BCUT2D eigenvalue weighted by Gasteiger charge is 2.31. The standard InChI is InChI=1S/C18H20BrN3O4/c1-4-25-17(16(23)22-18(2,10-20)11-24-3)26-14-5-6-15-12(8-14)7-13(19)9-21-15/h5-9,17H,4,11H2,1-3H3,(H,22,23). The van der Waals surface area contributed by atoms with Gasteiger partial charge in [-0.25, -0.2) is 0 Å². The second-order valence-corrected chi connectivity index (χ2v) is 6.70. The molecule has 2 atom stereocenters. The summed E-state index contributed by atoms with van der Waals surface area (Å²) >= 11 is 3.38. The van der Waals surface area contributed by atoms with Crippen molar-refractivity contribution in [1.29, 1.82) is 5.26 Å². The number of nitrogens with one attached hydrogen (secondary N) is 1. The van der Waals surface area contributed by atoms with Crippen LogP contribution >= 0.6 is 15.9 Å². The molecule has 0 spiro atoms. The number of rotatable bonds is 8. The maximum atomic E-state index is 12.5. The van der Waals surface area contributed by atoms with Gasteiger partial charge in [0.05, 0.1) is 18.2 Å². The Hall–Kier alpha value is -2.21. The fourth-order valence-electron chi connectivity index (χ4n) is 2.31. The Bertz CT molecular complexity index is 824. The van der Waals surface area contributed by atoms with E-state index >= 15 is 0 Å². The van der Waals surface area contributed by atoms with Crippen LogP contribution in [0, 0.1) is 11.3 Å². The number of benzene rings is 1. The third kappa shape index (κ3) is 5.14. The van der Waals surface area contributed by atoms with Crippen LogP contribution in [0.2, 0.25) is 0 Å². The Morgan fingerprint density at radius 2 is 2.23 bits per heavy atom. The van der Waals surface area contributed by atoms with Crippen LogP contribution < -0.4 is 10.1 Å². The highest BCUT2D eigenvalue weighted by atomic mass is 79.9. The molecule has 1 amide bonds. The van der Waals surface area contributed by atoms with Gasteiger partial charge < -0.3 is 19.5 Å². The van der Waals surface area contributed by atoms with Crippen molar-refractivity contribution in [3.05, 3.63) is 34.9 Å². The van der Waals surface area contributed by atoms with Crippen LogP contribution in [0.5, 0.6) is 5.75 Å². The van der Waals surface area contributed by atoms with Crippen molar-refractivity contribution >= 4 is 32.7 Å². The summed E-state index contributed by atoms with van der Waals surface area (Å²) in [4.78, 5) is 16.8. The number of amides is 1. The van der Waals surface area contributed by atoms with E-state index in [1.807, 2.05) is 12.1 Å². The third-order valence-corrected chi connectivity index (χ3v) is 3.91. The summed E-state index contributed by atoms with van der Waals surface area (Å²) in [6.45, 7) is 3.64. The molecule has 0 aliphatic heterocycles. The lowest BCUT2D eigenvalue weighted by atomic mass is 10.1. The molecule has 0 saturated heterocycles. The molecule has 138 valence electrons. The molecule has 1 aromatic heterocycles. The predicted molar refractivity (Wildman–Crippen MR) is 99.5 cm³/mol. The average Bonchev–Trinajstić information content (AvgIpc) is 2.61. The first-order valence-corrected chi connectivity index (χ1v) is 8.76. The molecule has 7 nitrogen and oxygen atoms in total. The van der Waals surface area contributed by atoms with Crippen LogP contribution in [0.15, 0.2) is 34.9 Å². The molecule has 8 heteroatoms. The number of pyridine rings is 1. The van der Waals surface area contributed by atoms with Crippen LogP contribution in [0.1, 0.15) is 13.8 Å². The minimum absolute atomic E-state index is 0.0454. The van der Waals surface area contributed by atoms with Gasteiger partial charge in [-0.1, -0.05) is 0 Å². The molecule has 1 heterocycles.